The molecule has 1 unspecified atom stereocenters. The van der Waals surface area contributed by atoms with Gasteiger partial charge in [0.25, 0.3) is 0 Å². The summed E-state index contributed by atoms with van der Waals surface area (Å²) in [6, 6.07) is 94.3. The second-order valence-electron chi connectivity index (χ2n) is 20.2. The molecule has 1 aliphatic carbocycles. The zero-order valence-electron chi connectivity index (χ0n) is 40.8. The molecule has 0 bridgehead atoms. The second kappa shape index (κ2) is 17.2. The fourth-order valence-electron chi connectivity index (χ4n) is 12.7. The summed E-state index contributed by atoms with van der Waals surface area (Å²) in [5, 5.41) is 9.32. The molecule has 2 nitrogen and oxygen atoms in total. The highest BCUT2D eigenvalue weighted by Gasteiger charge is 2.27. The number of benzene rings is 12. The molecule has 0 spiro atoms. The Morgan fingerprint density at radius 3 is 1.55 bits per heavy atom. The molecular weight excluding hydrogens is 895 g/mol. The molecule has 0 saturated carbocycles. The van der Waals surface area contributed by atoms with E-state index in [9.17, 15) is 0 Å². The van der Waals surface area contributed by atoms with Crippen molar-refractivity contribution in [2.75, 3.05) is 0 Å². The van der Waals surface area contributed by atoms with E-state index in [1.807, 2.05) is 0 Å². The quantitative estimate of drug-likeness (QED) is 0.156. The molecular formula is C72H49NO. The highest BCUT2D eigenvalue weighted by Crippen LogP contribution is 2.50. The van der Waals surface area contributed by atoms with Crippen LogP contribution in [0.25, 0.3) is 127 Å². The highest BCUT2D eigenvalue weighted by molar-refractivity contribution is 6.29. The third kappa shape index (κ3) is 6.79. The molecule has 0 aliphatic heterocycles. The normalized spacial score (nSPS) is 13.5. The fraction of sp³-hybridized carbons (Fsp3) is 0.0556. The summed E-state index contributed by atoms with van der Waals surface area (Å²) >= 11 is 0. The lowest BCUT2D eigenvalue weighted by Crippen LogP contribution is -2.04. The van der Waals surface area contributed by atoms with Crippen molar-refractivity contribution in [3.63, 3.8) is 0 Å². The number of aryl methyl sites for hydroxylation is 1. The first-order valence-corrected chi connectivity index (χ1v) is 26.1. The average molecular weight is 944 g/mol. The highest BCUT2D eigenvalue weighted by atomic mass is 16.3. The van der Waals surface area contributed by atoms with Crippen molar-refractivity contribution in [1.29, 1.82) is 0 Å². The molecule has 0 N–H and O–H groups in total. The minimum absolute atomic E-state index is 0.377. The first kappa shape index (κ1) is 42.4. The Bertz CT molecular complexity index is 4490. The maximum Gasteiger partial charge on any atom is 0.143 e. The number of hydrogen-bond acceptors (Lipinski definition) is 1. The van der Waals surface area contributed by atoms with Crippen molar-refractivity contribution in [2.24, 2.45) is 0 Å². The van der Waals surface area contributed by atoms with E-state index in [-0.39, 0.29) is 0 Å². The fourth-order valence-corrected chi connectivity index (χ4v) is 12.7. The summed E-state index contributed by atoms with van der Waals surface area (Å²) in [5.41, 5.74) is 21.2. The summed E-state index contributed by atoms with van der Waals surface area (Å²) < 4.78 is 10.4. The van der Waals surface area contributed by atoms with Crippen LogP contribution in [0.5, 0.6) is 0 Å². The van der Waals surface area contributed by atoms with Crippen LogP contribution in [0.1, 0.15) is 29.0 Å². The van der Waals surface area contributed by atoms with Crippen LogP contribution in [0.3, 0.4) is 0 Å². The number of fused-ring (bicyclic) bond motifs is 7. The van der Waals surface area contributed by atoms with Gasteiger partial charge in [-0.25, -0.2) is 0 Å². The van der Waals surface area contributed by atoms with Gasteiger partial charge in [-0.05, 0) is 156 Å². The monoisotopic (exact) mass is 943 g/mol. The van der Waals surface area contributed by atoms with E-state index in [4.69, 9.17) is 4.42 Å². The Balaban J connectivity index is 1.07. The molecule has 74 heavy (non-hydrogen) atoms. The van der Waals surface area contributed by atoms with E-state index in [1.165, 1.54) is 88.0 Å². The van der Waals surface area contributed by atoms with Gasteiger partial charge >= 0.3 is 0 Å². The topological polar surface area (TPSA) is 18.1 Å². The molecule has 14 aromatic rings. The Morgan fingerprint density at radius 1 is 0.351 bits per heavy atom. The molecule has 0 amide bonds. The van der Waals surface area contributed by atoms with Gasteiger partial charge in [0.2, 0.25) is 0 Å². The number of rotatable bonds is 7. The van der Waals surface area contributed by atoms with Crippen LogP contribution in [-0.4, -0.2) is 4.57 Å². The second-order valence-corrected chi connectivity index (χ2v) is 20.2. The summed E-state index contributed by atoms with van der Waals surface area (Å²) in [5.74, 6) is 0.377. The van der Waals surface area contributed by atoms with Gasteiger partial charge in [-0.3, -0.25) is 0 Å². The van der Waals surface area contributed by atoms with Crippen LogP contribution < -0.4 is 0 Å². The van der Waals surface area contributed by atoms with E-state index in [0.29, 0.717) is 5.92 Å². The Morgan fingerprint density at radius 2 is 0.878 bits per heavy atom. The Hall–Kier alpha value is -9.24. The molecule has 15 rings (SSSR count). The molecule has 2 aromatic heterocycles. The average Bonchev–Trinajstić information content (AvgIpc) is 3.63. The lowest BCUT2D eigenvalue weighted by Gasteiger charge is -2.20. The van der Waals surface area contributed by atoms with Crippen molar-refractivity contribution in [1.82, 2.24) is 4.57 Å². The van der Waals surface area contributed by atoms with Gasteiger partial charge in [0.05, 0.1) is 11.0 Å². The van der Waals surface area contributed by atoms with Crippen molar-refractivity contribution in [2.45, 2.75) is 25.2 Å². The first-order valence-electron chi connectivity index (χ1n) is 26.1. The number of nitrogens with zero attached hydrogens (tertiary/aromatic N) is 1. The van der Waals surface area contributed by atoms with Gasteiger partial charge in [-0.15, -0.1) is 0 Å². The predicted octanol–water partition coefficient (Wildman–Crippen LogP) is 19.6. The maximum absolute atomic E-state index is 8.01. The van der Waals surface area contributed by atoms with E-state index in [1.54, 1.807) is 0 Å². The largest absolute Gasteiger partial charge is 0.455 e. The van der Waals surface area contributed by atoms with Crippen molar-refractivity contribution in [3.8, 4) is 61.3 Å². The Kier molecular flexibility index (Phi) is 9.88. The third-order valence-corrected chi connectivity index (χ3v) is 16.1. The minimum Gasteiger partial charge on any atom is -0.455 e. The molecule has 12 aromatic carbocycles. The summed E-state index contributed by atoms with van der Waals surface area (Å²) in [6.07, 6.45) is 3.14. The van der Waals surface area contributed by atoms with Gasteiger partial charge in [0.1, 0.15) is 11.2 Å². The van der Waals surface area contributed by atoms with Crippen molar-refractivity contribution in [3.05, 3.63) is 271 Å². The molecule has 2 heteroatoms. The number of hydrogen-bond donors (Lipinski definition) is 0. The van der Waals surface area contributed by atoms with Crippen LogP contribution in [-0.2, 0) is 12.8 Å². The molecule has 348 valence electrons. The van der Waals surface area contributed by atoms with Crippen LogP contribution in [0.4, 0.5) is 0 Å². The smallest absolute Gasteiger partial charge is 0.143 e. The minimum atomic E-state index is 0.377. The number of aromatic nitrogens is 1. The van der Waals surface area contributed by atoms with E-state index in [2.05, 4.69) is 259 Å². The van der Waals surface area contributed by atoms with Crippen LogP contribution in [0.2, 0.25) is 0 Å². The van der Waals surface area contributed by atoms with Gasteiger partial charge in [-0.1, -0.05) is 206 Å². The van der Waals surface area contributed by atoms with Crippen LogP contribution in [0.15, 0.2) is 259 Å². The lowest BCUT2D eigenvalue weighted by atomic mass is 9.84. The van der Waals surface area contributed by atoms with Gasteiger partial charge in [-0.2, -0.15) is 0 Å². The summed E-state index contributed by atoms with van der Waals surface area (Å²) in [6.45, 7) is 0. The lowest BCUT2D eigenvalue weighted by molar-refractivity contribution is 0.629. The standard InChI is InChI=1S/C72H49NO/c1-5-19-46(20-6-1)41-50-36-35-49-25-13-14-28-54(49)65-42-51(37-39-55(50)65)63-44-61(47-21-7-2-8-22-47)59-32-17-30-57-58-31-18-33-60-62(48-23-9-3-10-24-48)45-64(72(70(58)60)74-71(63)69(57)59)52-38-40-68-66(43-52)56-29-15-16-34-67(56)73(68)53-26-11-4-12-27-53/h1-34,37-40,42-45,50H,35-36,41H2. The predicted molar refractivity (Wildman–Crippen MR) is 311 cm³/mol. The van der Waals surface area contributed by atoms with Crippen LogP contribution >= 0.6 is 0 Å². The van der Waals surface area contributed by atoms with Gasteiger partial charge in [0.15, 0.2) is 0 Å². The zero-order valence-corrected chi connectivity index (χ0v) is 40.8. The molecule has 0 fully saturated rings. The van der Waals surface area contributed by atoms with Crippen molar-refractivity contribution >= 4 is 65.3 Å². The molecule has 1 atom stereocenters. The van der Waals surface area contributed by atoms with E-state index in [0.717, 1.165) is 74.5 Å². The van der Waals surface area contributed by atoms with Gasteiger partial charge < -0.3 is 8.98 Å². The van der Waals surface area contributed by atoms with Crippen LogP contribution in [0, 0.1) is 0 Å². The molecule has 2 heterocycles. The SMILES string of the molecule is c1ccc(CC2CCc3ccccc3-c3cc(-c4cc(-c5ccccc5)c5cccc6c7cccc8c(-c9ccccc9)cc(-c9ccc%10c(c9)c9ccccc9n%10-c9ccccc9)c(oc4c56)c87)ccc32)cc1. The van der Waals surface area contributed by atoms with E-state index >= 15 is 0 Å². The third-order valence-electron chi connectivity index (χ3n) is 16.1. The van der Waals surface area contributed by atoms with Gasteiger partial charge in [0, 0.05) is 38.4 Å². The summed E-state index contributed by atoms with van der Waals surface area (Å²) in [4.78, 5) is 0. The molecule has 1 aliphatic rings. The zero-order chi connectivity index (χ0) is 48.7. The summed E-state index contributed by atoms with van der Waals surface area (Å²) in [7, 11) is 0. The molecule has 0 radical (unpaired) electrons. The molecule has 0 saturated heterocycles. The number of para-hydroxylation sites is 2. The first-order chi connectivity index (χ1) is 36.7. The van der Waals surface area contributed by atoms with Crippen molar-refractivity contribution < 1.29 is 4.42 Å². The maximum atomic E-state index is 8.01. The van der Waals surface area contributed by atoms with E-state index < -0.39 is 0 Å². The Labute approximate surface area is 430 Å².